The smallest absolute Gasteiger partial charge is 0.408 e. The van der Waals surface area contributed by atoms with E-state index in [1.165, 1.54) is 23.2 Å². The number of fused-ring (bicyclic) bond motifs is 2. The molecule has 4 heterocycles. The molecule has 0 spiro atoms. The van der Waals surface area contributed by atoms with Crippen LogP contribution in [0.5, 0.6) is 0 Å². The lowest BCUT2D eigenvalue weighted by atomic mass is 10.1. The van der Waals surface area contributed by atoms with Gasteiger partial charge in [0.15, 0.2) is 11.5 Å². The highest BCUT2D eigenvalue weighted by Crippen LogP contribution is 2.40. The highest BCUT2D eigenvalue weighted by atomic mass is 32.2. The normalized spacial score (nSPS) is 17.4. The fourth-order valence-electron chi connectivity index (χ4n) is 4.94. The number of thioether (sulfide) groups is 1. The van der Waals surface area contributed by atoms with E-state index in [1.807, 2.05) is 24.3 Å². The maximum Gasteiger partial charge on any atom is 0.408 e. The van der Waals surface area contributed by atoms with Gasteiger partial charge in [-0.05, 0) is 62.8 Å². The number of halogens is 3. The van der Waals surface area contributed by atoms with Crippen LogP contribution < -0.4 is 5.32 Å². The zero-order chi connectivity index (χ0) is 28.7. The van der Waals surface area contributed by atoms with E-state index in [0.717, 1.165) is 21.6 Å². The van der Waals surface area contributed by atoms with Crippen LogP contribution in [0.25, 0.3) is 28.1 Å². The summed E-state index contributed by atoms with van der Waals surface area (Å²) in [6.07, 6.45) is -3.36. The van der Waals surface area contributed by atoms with E-state index in [0.29, 0.717) is 23.6 Å². The average Bonchev–Trinajstić information content (AvgIpc) is 3.48. The predicted octanol–water partition coefficient (Wildman–Crippen LogP) is 6.26. The van der Waals surface area contributed by atoms with Gasteiger partial charge in [-0.3, -0.25) is 9.30 Å². The van der Waals surface area contributed by atoms with Gasteiger partial charge in [0.2, 0.25) is 0 Å². The van der Waals surface area contributed by atoms with E-state index in [9.17, 15) is 18.0 Å². The number of alkyl halides is 3. The van der Waals surface area contributed by atoms with E-state index < -0.39 is 30.0 Å². The minimum absolute atomic E-state index is 0.0425. The number of pyridine rings is 2. The van der Waals surface area contributed by atoms with Crippen LogP contribution in [0.15, 0.2) is 53.6 Å². The second-order valence-corrected chi connectivity index (χ2v) is 12.1. The van der Waals surface area contributed by atoms with E-state index in [4.69, 9.17) is 9.72 Å². The second kappa shape index (κ2) is 10.9. The lowest BCUT2D eigenvalue weighted by Crippen LogP contribution is -2.42. The van der Waals surface area contributed by atoms with Gasteiger partial charge in [0.05, 0.1) is 5.52 Å². The number of ether oxygens (including phenoxy) is 1. The topological polar surface area (TPSA) is 84.7 Å². The van der Waals surface area contributed by atoms with Crippen LogP contribution in [-0.4, -0.2) is 67.2 Å². The van der Waals surface area contributed by atoms with Crippen LogP contribution >= 0.6 is 11.8 Å². The van der Waals surface area contributed by atoms with Crippen LogP contribution in [0, 0.1) is 0 Å². The summed E-state index contributed by atoms with van der Waals surface area (Å²) >= 11 is 1.71. The molecular weight excluding hydrogens is 541 g/mol. The Morgan fingerprint density at radius 1 is 1.15 bits per heavy atom. The molecule has 5 rings (SSSR count). The maximum atomic E-state index is 14.5. The van der Waals surface area contributed by atoms with Crippen molar-refractivity contribution in [1.29, 1.82) is 0 Å². The van der Waals surface area contributed by atoms with Crippen molar-refractivity contribution in [2.75, 3.05) is 18.8 Å². The third-order valence-electron chi connectivity index (χ3n) is 6.56. The molecule has 0 aliphatic carbocycles. The Labute approximate surface area is 234 Å². The molecule has 0 unspecified atom stereocenters. The molecule has 1 aliphatic heterocycles. The van der Waals surface area contributed by atoms with Gasteiger partial charge in [0.1, 0.15) is 17.3 Å². The van der Waals surface area contributed by atoms with Gasteiger partial charge in [-0.25, -0.2) is 9.78 Å². The molecule has 3 aromatic heterocycles. The van der Waals surface area contributed by atoms with Gasteiger partial charge in [-0.1, -0.05) is 25.1 Å². The fraction of sp³-hybridized carbons (Fsp3) is 0.429. The number of aromatic nitrogens is 4. The Bertz CT molecular complexity index is 1530. The number of amides is 1. The number of hydrogen-bond donors (Lipinski definition) is 1. The summed E-state index contributed by atoms with van der Waals surface area (Å²) in [6, 6.07) is 10.4. The predicted molar refractivity (Wildman–Crippen MR) is 148 cm³/mol. The van der Waals surface area contributed by atoms with Crippen molar-refractivity contribution < 1.29 is 22.7 Å². The summed E-state index contributed by atoms with van der Waals surface area (Å²) in [6.45, 7) is 7.49. The first kappa shape index (κ1) is 28.2. The quantitative estimate of drug-likeness (QED) is 0.273. The number of nitrogens with zero attached hydrogens (tertiary/aromatic N) is 5. The maximum absolute atomic E-state index is 14.5. The van der Waals surface area contributed by atoms with Crippen LogP contribution in [0.4, 0.5) is 18.0 Å². The molecule has 1 saturated heterocycles. The molecule has 212 valence electrons. The summed E-state index contributed by atoms with van der Waals surface area (Å²) in [5.74, 6) is 1.29. The molecule has 2 atom stereocenters. The monoisotopic (exact) mass is 572 g/mol. The van der Waals surface area contributed by atoms with Gasteiger partial charge in [0, 0.05) is 35.6 Å². The van der Waals surface area contributed by atoms with E-state index >= 15 is 0 Å². The molecule has 4 aromatic rings. The zero-order valence-corrected chi connectivity index (χ0v) is 23.5. The van der Waals surface area contributed by atoms with Crippen molar-refractivity contribution in [2.24, 2.45) is 0 Å². The summed E-state index contributed by atoms with van der Waals surface area (Å²) in [4.78, 5) is 19.4. The number of benzene rings is 1. The van der Waals surface area contributed by atoms with Gasteiger partial charge >= 0.3 is 12.3 Å². The molecule has 0 bridgehead atoms. The summed E-state index contributed by atoms with van der Waals surface area (Å²) in [7, 11) is 0. The van der Waals surface area contributed by atoms with Crippen molar-refractivity contribution in [1.82, 2.24) is 29.8 Å². The lowest BCUT2D eigenvalue weighted by molar-refractivity contribution is -0.184. The summed E-state index contributed by atoms with van der Waals surface area (Å²) < 4.78 is 50.3. The lowest BCUT2D eigenvalue weighted by Gasteiger charge is -2.30. The van der Waals surface area contributed by atoms with E-state index in [2.05, 4.69) is 22.4 Å². The highest BCUT2D eigenvalue weighted by Gasteiger charge is 2.47. The molecule has 12 heteroatoms. The molecule has 1 aliphatic rings. The number of alkyl carbamates (subject to hydrolysis) is 1. The second-order valence-electron chi connectivity index (χ2n) is 10.8. The number of rotatable bonds is 6. The Kier molecular flexibility index (Phi) is 7.66. The Morgan fingerprint density at radius 2 is 1.93 bits per heavy atom. The molecule has 0 saturated carbocycles. The van der Waals surface area contributed by atoms with Gasteiger partial charge < -0.3 is 10.1 Å². The van der Waals surface area contributed by atoms with Crippen LogP contribution in [0.3, 0.4) is 0 Å². The Hall–Kier alpha value is -3.38. The molecule has 1 amide bonds. The Balaban J connectivity index is 1.44. The van der Waals surface area contributed by atoms with Crippen LogP contribution in [0.2, 0.25) is 0 Å². The standard InChI is InChI=1S/C28H31F3N6O2S/c1-5-40-20-9-6-17-7-10-21(33-22(17)14-20)25-35-34-23-11-8-18(15-37(23)25)24(28(29,30)31)36-13-12-19(16-36)32-26(38)39-27(2,3)4/h6-11,14-15,19,24H,5,12-13,16H2,1-4H3,(H,32,38)/t19-,24+/m0/s1. The molecule has 1 fully saturated rings. The van der Waals surface area contributed by atoms with Crippen LogP contribution in [0.1, 0.15) is 45.7 Å². The van der Waals surface area contributed by atoms with Gasteiger partial charge in [0.25, 0.3) is 0 Å². The van der Waals surface area contributed by atoms with Crippen molar-refractivity contribution in [3.63, 3.8) is 0 Å². The van der Waals surface area contributed by atoms with Crippen molar-refractivity contribution >= 4 is 34.4 Å². The number of carbonyl (C=O) groups excluding carboxylic acids is 1. The highest BCUT2D eigenvalue weighted by molar-refractivity contribution is 7.99. The third kappa shape index (κ3) is 6.17. The molecular formula is C28H31F3N6O2S. The van der Waals surface area contributed by atoms with Crippen molar-refractivity contribution in [3.05, 3.63) is 54.2 Å². The number of nitrogens with one attached hydrogen (secondary N) is 1. The number of carbonyl (C=O) groups is 1. The molecule has 40 heavy (non-hydrogen) atoms. The van der Waals surface area contributed by atoms with E-state index in [1.54, 1.807) is 43.0 Å². The fourth-order valence-corrected chi connectivity index (χ4v) is 5.63. The third-order valence-corrected chi connectivity index (χ3v) is 7.44. The van der Waals surface area contributed by atoms with Crippen LogP contribution in [-0.2, 0) is 4.74 Å². The number of likely N-dealkylation sites (tertiary alicyclic amines) is 1. The van der Waals surface area contributed by atoms with Gasteiger partial charge in [-0.2, -0.15) is 13.2 Å². The SMILES string of the molecule is CCSc1ccc2ccc(-c3nnc4ccc([C@@H](N5CC[C@H](NC(=O)OC(C)(C)C)C5)C(F)(F)F)cn34)nc2c1. The Morgan fingerprint density at radius 3 is 2.65 bits per heavy atom. The first-order valence-corrected chi connectivity index (χ1v) is 14.1. The molecule has 0 radical (unpaired) electrons. The van der Waals surface area contributed by atoms with E-state index in [-0.39, 0.29) is 18.7 Å². The van der Waals surface area contributed by atoms with Crippen molar-refractivity contribution in [3.8, 4) is 11.5 Å². The number of hydrogen-bond acceptors (Lipinski definition) is 7. The molecule has 8 nitrogen and oxygen atoms in total. The van der Waals surface area contributed by atoms with Gasteiger partial charge in [-0.15, -0.1) is 22.0 Å². The molecule has 1 aromatic carbocycles. The van der Waals surface area contributed by atoms with Crippen molar-refractivity contribution in [2.45, 2.75) is 62.9 Å². The zero-order valence-electron chi connectivity index (χ0n) is 22.7. The first-order valence-electron chi connectivity index (χ1n) is 13.1. The average molecular weight is 573 g/mol. The minimum Gasteiger partial charge on any atom is -0.444 e. The summed E-state index contributed by atoms with van der Waals surface area (Å²) in [5.41, 5.74) is 1.07. The largest absolute Gasteiger partial charge is 0.444 e. The summed E-state index contributed by atoms with van der Waals surface area (Å²) in [5, 5.41) is 12.1. The minimum atomic E-state index is -4.54. The molecule has 1 N–H and O–H groups in total. The first-order chi connectivity index (χ1) is 18.9.